The van der Waals surface area contributed by atoms with Gasteiger partial charge in [-0.15, -0.1) is 11.3 Å². The highest BCUT2D eigenvalue weighted by Gasteiger charge is 1.87. The van der Waals surface area contributed by atoms with Crippen LogP contribution in [0, 0.1) is 0 Å². The predicted molar refractivity (Wildman–Crippen MR) is 86.9 cm³/mol. The highest BCUT2D eigenvalue weighted by Crippen LogP contribution is 2.18. The van der Waals surface area contributed by atoms with Crippen molar-refractivity contribution in [2.75, 3.05) is 0 Å². The van der Waals surface area contributed by atoms with Crippen molar-refractivity contribution >= 4 is 21.4 Å². The molecule has 1 aromatic carbocycles. The Morgan fingerprint density at radius 3 is 2.00 bits per heavy atom. The van der Waals surface area contributed by atoms with Gasteiger partial charge in [-0.3, -0.25) is 4.98 Å². The molecule has 100 valence electrons. The molecule has 20 heavy (non-hydrogen) atoms. The Morgan fingerprint density at radius 2 is 1.50 bits per heavy atom. The van der Waals surface area contributed by atoms with Gasteiger partial charge in [0.05, 0.1) is 0 Å². The number of hydrogen-bond acceptors (Lipinski definition) is 2. The summed E-state index contributed by atoms with van der Waals surface area (Å²) >= 11 is 1.79. The summed E-state index contributed by atoms with van der Waals surface area (Å²) in [4.78, 5) is 6.65. The summed E-state index contributed by atoms with van der Waals surface area (Å²) in [5.74, 6) is 0. The van der Waals surface area contributed by atoms with E-state index in [1.54, 1.807) is 23.7 Å². The lowest BCUT2D eigenvalue weighted by Gasteiger charge is -1.82. The van der Waals surface area contributed by atoms with E-state index in [-0.39, 0.29) is 0 Å². The molecule has 0 aliphatic heterocycles. The molecule has 0 radical (unpaired) electrons. The van der Waals surface area contributed by atoms with E-state index in [4.69, 9.17) is 0 Å². The first-order valence-electron chi connectivity index (χ1n) is 6.32. The zero-order valence-corrected chi connectivity index (χ0v) is 11.8. The quantitative estimate of drug-likeness (QED) is 0.482. The third-order valence-corrected chi connectivity index (χ3v) is 3.32. The summed E-state index contributed by atoms with van der Waals surface area (Å²) in [5.41, 5.74) is 0. The molecule has 4 aromatic rings. The zero-order chi connectivity index (χ0) is 13.9. The molecule has 0 unspecified atom stereocenters. The smallest absolute Gasteiger partial charge is 0.0342 e. The molecule has 0 amide bonds. The topological polar surface area (TPSA) is 28.7 Å². The Bertz CT molecular complexity index is 598. The van der Waals surface area contributed by atoms with Crippen LogP contribution in [-0.2, 0) is 0 Å². The first-order chi connectivity index (χ1) is 9.97. The van der Waals surface area contributed by atoms with Gasteiger partial charge in [-0.2, -0.15) is 0 Å². The van der Waals surface area contributed by atoms with E-state index in [1.807, 2.05) is 42.7 Å². The largest absolute Gasteiger partial charge is 0.368 e. The van der Waals surface area contributed by atoms with Crippen molar-refractivity contribution in [2.45, 2.75) is 0 Å². The Kier molecular flexibility index (Phi) is 6.08. The number of thiophene rings is 1. The van der Waals surface area contributed by atoms with Gasteiger partial charge in [0.15, 0.2) is 0 Å². The van der Waals surface area contributed by atoms with Crippen molar-refractivity contribution in [3.63, 3.8) is 0 Å². The van der Waals surface area contributed by atoms with Crippen molar-refractivity contribution in [1.82, 2.24) is 9.97 Å². The number of aromatic amines is 1. The van der Waals surface area contributed by atoms with Crippen molar-refractivity contribution in [2.24, 2.45) is 0 Å². The van der Waals surface area contributed by atoms with Gasteiger partial charge in [-0.05, 0) is 47.2 Å². The Hall–Kier alpha value is -2.39. The lowest BCUT2D eigenvalue weighted by Crippen LogP contribution is -1.58. The van der Waals surface area contributed by atoms with Crippen LogP contribution in [0.5, 0.6) is 0 Å². The Balaban J connectivity index is 0.000000117. The second-order valence-electron chi connectivity index (χ2n) is 3.87. The highest BCUT2D eigenvalue weighted by atomic mass is 32.1. The van der Waals surface area contributed by atoms with Gasteiger partial charge in [0, 0.05) is 29.5 Å². The maximum absolute atomic E-state index is 3.78. The molecule has 0 spiro atoms. The fourth-order valence-electron chi connectivity index (χ4n) is 1.50. The van der Waals surface area contributed by atoms with Gasteiger partial charge < -0.3 is 4.98 Å². The van der Waals surface area contributed by atoms with E-state index in [0.717, 1.165) is 0 Å². The van der Waals surface area contributed by atoms with E-state index in [9.17, 15) is 0 Å². The predicted octanol–water partition coefficient (Wildman–Crippen LogP) is 5.00. The van der Waals surface area contributed by atoms with Crippen LogP contribution in [0.25, 0.3) is 10.1 Å². The number of nitrogens with one attached hydrogen (secondary N) is 1. The van der Waals surface area contributed by atoms with Crippen LogP contribution in [0.1, 0.15) is 0 Å². The monoisotopic (exact) mass is 280 g/mol. The number of hydrogen-bond donors (Lipinski definition) is 1. The minimum atomic E-state index is 1.35. The number of benzene rings is 1. The standard InChI is InChI=1S/C8H6S.C5H5N.C4H5N/c1-2-4-8-7(3-1)5-6-9-8;1-2-4-6-5-3-1;1-2-4-5-3-1/h1-6H;1-5H;1-5H. The molecule has 0 bridgehead atoms. The average Bonchev–Trinajstić information content (AvgIpc) is 3.24. The summed E-state index contributed by atoms with van der Waals surface area (Å²) in [7, 11) is 0. The van der Waals surface area contributed by atoms with Crippen LogP contribution < -0.4 is 0 Å². The number of aromatic nitrogens is 2. The molecule has 0 aliphatic rings. The van der Waals surface area contributed by atoms with Crippen LogP contribution >= 0.6 is 11.3 Å². The van der Waals surface area contributed by atoms with Gasteiger partial charge >= 0.3 is 0 Å². The van der Waals surface area contributed by atoms with E-state index < -0.39 is 0 Å². The SMILES string of the molecule is c1cc[nH]c1.c1ccc2sccc2c1.c1ccncc1. The summed E-state index contributed by atoms with van der Waals surface area (Å²) in [6.07, 6.45) is 7.25. The maximum Gasteiger partial charge on any atom is 0.0342 e. The van der Waals surface area contributed by atoms with E-state index in [2.05, 4.69) is 45.7 Å². The van der Waals surface area contributed by atoms with Crippen molar-refractivity contribution in [3.8, 4) is 0 Å². The second kappa shape index (κ2) is 8.67. The molecule has 0 atom stereocenters. The van der Waals surface area contributed by atoms with Crippen LogP contribution in [-0.4, -0.2) is 9.97 Å². The van der Waals surface area contributed by atoms with Gasteiger partial charge in [0.1, 0.15) is 0 Å². The minimum Gasteiger partial charge on any atom is -0.368 e. The molecule has 4 rings (SSSR count). The first-order valence-corrected chi connectivity index (χ1v) is 7.20. The van der Waals surface area contributed by atoms with Crippen molar-refractivity contribution < 1.29 is 0 Å². The number of rotatable bonds is 0. The molecule has 3 aromatic heterocycles. The third-order valence-electron chi connectivity index (χ3n) is 2.42. The highest BCUT2D eigenvalue weighted by molar-refractivity contribution is 7.17. The van der Waals surface area contributed by atoms with E-state index >= 15 is 0 Å². The lowest BCUT2D eigenvalue weighted by atomic mass is 10.3. The molecule has 0 fully saturated rings. The van der Waals surface area contributed by atoms with Gasteiger partial charge in [-0.1, -0.05) is 24.3 Å². The summed E-state index contributed by atoms with van der Waals surface area (Å²) in [6, 6.07) is 20.1. The molecule has 1 N–H and O–H groups in total. The van der Waals surface area contributed by atoms with E-state index in [1.165, 1.54) is 10.1 Å². The van der Waals surface area contributed by atoms with Crippen LogP contribution in [0.15, 0.2) is 90.8 Å². The molecule has 3 heterocycles. The fraction of sp³-hybridized carbons (Fsp3) is 0. The summed E-state index contributed by atoms with van der Waals surface area (Å²) < 4.78 is 1.37. The molecule has 0 saturated heterocycles. The zero-order valence-electron chi connectivity index (χ0n) is 11.0. The normalized spacial score (nSPS) is 9.00. The van der Waals surface area contributed by atoms with Gasteiger partial charge in [0.2, 0.25) is 0 Å². The van der Waals surface area contributed by atoms with Crippen molar-refractivity contribution in [3.05, 3.63) is 90.8 Å². The van der Waals surface area contributed by atoms with Crippen LogP contribution in [0.3, 0.4) is 0 Å². The molecular weight excluding hydrogens is 264 g/mol. The van der Waals surface area contributed by atoms with Gasteiger partial charge in [0.25, 0.3) is 0 Å². The second-order valence-corrected chi connectivity index (χ2v) is 4.82. The summed E-state index contributed by atoms with van der Waals surface area (Å²) in [5, 5.41) is 3.47. The number of pyridine rings is 1. The van der Waals surface area contributed by atoms with Crippen LogP contribution in [0.4, 0.5) is 0 Å². The van der Waals surface area contributed by atoms with Crippen LogP contribution in [0.2, 0.25) is 0 Å². The molecule has 3 heteroatoms. The first kappa shape index (κ1) is 14.0. The minimum absolute atomic E-state index is 1.35. The Morgan fingerprint density at radius 1 is 0.750 bits per heavy atom. The van der Waals surface area contributed by atoms with Gasteiger partial charge in [-0.25, -0.2) is 0 Å². The average molecular weight is 280 g/mol. The third kappa shape index (κ3) is 5.08. The maximum atomic E-state index is 3.78. The number of H-pyrrole nitrogens is 1. The number of nitrogens with zero attached hydrogens (tertiary/aromatic N) is 1. The molecule has 0 aliphatic carbocycles. The van der Waals surface area contributed by atoms with E-state index in [0.29, 0.717) is 0 Å². The fourth-order valence-corrected chi connectivity index (χ4v) is 2.29. The molecular formula is C17H16N2S. The molecule has 2 nitrogen and oxygen atoms in total. The molecule has 0 saturated carbocycles. The Labute approximate surface area is 122 Å². The number of fused-ring (bicyclic) bond motifs is 1. The van der Waals surface area contributed by atoms with Crippen molar-refractivity contribution in [1.29, 1.82) is 0 Å². The summed E-state index contributed by atoms with van der Waals surface area (Å²) in [6.45, 7) is 0. The lowest BCUT2D eigenvalue weighted by molar-refractivity contribution is 1.33.